The highest BCUT2D eigenvalue weighted by atomic mass is 35.5. The molecule has 1 fully saturated rings. The number of nitrogens with zero attached hydrogens (tertiary/aromatic N) is 4. The molecule has 1 aromatic carbocycles. The van der Waals surface area contributed by atoms with Crippen LogP contribution in [0.5, 0.6) is 0 Å². The van der Waals surface area contributed by atoms with E-state index in [1.807, 2.05) is 47.4 Å². The molecule has 0 saturated carbocycles. The van der Waals surface area contributed by atoms with Crippen molar-refractivity contribution in [1.82, 2.24) is 20.1 Å². The Kier molecular flexibility index (Phi) is 4.58. The van der Waals surface area contributed by atoms with E-state index >= 15 is 0 Å². The molecule has 1 N–H and O–H groups in total. The molecule has 1 aliphatic rings. The largest absolute Gasteiger partial charge is 0.353 e. The highest BCUT2D eigenvalue weighted by molar-refractivity contribution is 6.33. The van der Waals surface area contributed by atoms with E-state index in [-0.39, 0.29) is 5.91 Å². The average molecular weight is 368 g/mol. The Morgan fingerprint density at radius 2 is 1.81 bits per heavy atom. The molecule has 1 amide bonds. The van der Waals surface area contributed by atoms with Gasteiger partial charge in [0.15, 0.2) is 0 Å². The number of rotatable bonds is 3. The van der Waals surface area contributed by atoms with Crippen LogP contribution in [0.25, 0.3) is 11.3 Å². The molecule has 1 saturated heterocycles. The monoisotopic (exact) mass is 367 g/mol. The molecule has 3 aromatic rings. The maximum absolute atomic E-state index is 12.8. The Balaban J connectivity index is 1.44. The van der Waals surface area contributed by atoms with Gasteiger partial charge in [-0.1, -0.05) is 35.9 Å². The zero-order chi connectivity index (χ0) is 17.9. The number of aromatic amines is 1. The minimum absolute atomic E-state index is 0.0449. The van der Waals surface area contributed by atoms with Crippen molar-refractivity contribution in [2.24, 2.45) is 0 Å². The van der Waals surface area contributed by atoms with E-state index in [0.29, 0.717) is 29.5 Å². The second-order valence-corrected chi connectivity index (χ2v) is 6.52. The standard InChI is InChI=1S/C19H18ClN5O/c20-15-6-2-1-5-14(15)16-13-17(23-22-16)19(26)25-11-9-24(10-12-25)18-7-3-4-8-21-18/h1-8,13H,9-12H2,(H,22,23). The molecule has 0 radical (unpaired) electrons. The van der Waals surface area contributed by atoms with Gasteiger partial charge in [-0.2, -0.15) is 5.10 Å². The summed E-state index contributed by atoms with van der Waals surface area (Å²) in [5.41, 5.74) is 1.96. The molecule has 6 nitrogen and oxygen atoms in total. The summed E-state index contributed by atoms with van der Waals surface area (Å²) >= 11 is 6.21. The molecule has 1 aliphatic heterocycles. The van der Waals surface area contributed by atoms with E-state index in [4.69, 9.17) is 11.6 Å². The van der Waals surface area contributed by atoms with E-state index in [1.54, 1.807) is 12.3 Å². The Morgan fingerprint density at radius 1 is 1.04 bits per heavy atom. The van der Waals surface area contributed by atoms with Crippen LogP contribution in [0.2, 0.25) is 5.02 Å². The number of benzene rings is 1. The number of carbonyl (C=O) groups is 1. The first kappa shape index (κ1) is 16.6. The Hall–Kier alpha value is -2.86. The lowest BCUT2D eigenvalue weighted by Gasteiger charge is -2.35. The smallest absolute Gasteiger partial charge is 0.272 e. The summed E-state index contributed by atoms with van der Waals surface area (Å²) < 4.78 is 0. The van der Waals surface area contributed by atoms with Gasteiger partial charge in [0, 0.05) is 37.9 Å². The van der Waals surface area contributed by atoms with Crippen LogP contribution in [0.1, 0.15) is 10.5 Å². The van der Waals surface area contributed by atoms with E-state index in [9.17, 15) is 4.79 Å². The molecule has 2 aromatic heterocycles. The number of halogens is 1. The molecule has 26 heavy (non-hydrogen) atoms. The molecule has 4 rings (SSSR count). The summed E-state index contributed by atoms with van der Waals surface area (Å²) in [5.74, 6) is 0.901. The highest BCUT2D eigenvalue weighted by Gasteiger charge is 2.24. The van der Waals surface area contributed by atoms with Crippen molar-refractivity contribution in [1.29, 1.82) is 0 Å². The SMILES string of the molecule is O=C(c1cc(-c2ccccc2Cl)n[nH]1)N1CCN(c2ccccn2)CC1. The summed E-state index contributed by atoms with van der Waals surface area (Å²) in [6.45, 7) is 2.81. The molecule has 0 atom stereocenters. The number of anilines is 1. The molecule has 0 spiro atoms. The lowest BCUT2D eigenvalue weighted by Crippen LogP contribution is -2.49. The number of amides is 1. The van der Waals surface area contributed by atoms with E-state index in [2.05, 4.69) is 20.1 Å². The summed E-state index contributed by atoms with van der Waals surface area (Å²) in [4.78, 5) is 21.2. The number of nitrogens with one attached hydrogen (secondary N) is 1. The first-order valence-corrected chi connectivity index (χ1v) is 8.86. The second-order valence-electron chi connectivity index (χ2n) is 6.11. The molecular weight excluding hydrogens is 350 g/mol. The van der Waals surface area contributed by atoms with E-state index in [0.717, 1.165) is 24.5 Å². The number of hydrogen-bond donors (Lipinski definition) is 1. The van der Waals surface area contributed by atoms with Crippen molar-refractivity contribution in [3.63, 3.8) is 0 Å². The Morgan fingerprint density at radius 3 is 2.54 bits per heavy atom. The fourth-order valence-electron chi connectivity index (χ4n) is 3.09. The number of pyridine rings is 1. The lowest BCUT2D eigenvalue weighted by atomic mass is 10.1. The molecule has 132 valence electrons. The molecule has 0 unspecified atom stereocenters. The van der Waals surface area contributed by atoms with Crippen molar-refractivity contribution in [3.05, 3.63) is 65.4 Å². The third kappa shape index (κ3) is 3.28. The van der Waals surface area contributed by atoms with Gasteiger partial charge >= 0.3 is 0 Å². The van der Waals surface area contributed by atoms with Gasteiger partial charge in [0.2, 0.25) is 0 Å². The fraction of sp³-hybridized carbons (Fsp3) is 0.211. The minimum Gasteiger partial charge on any atom is -0.353 e. The van der Waals surface area contributed by atoms with Gasteiger partial charge in [0.1, 0.15) is 11.5 Å². The van der Waals surface area contributed by atoms with Gasteiger partial charge in [0.05, 0.1) is 10.7 Å². The second kappa shape index (κ2) is 7.17. The minimum atomic E-state index is -0.0449. The number of carbonyl (C=O) groups excluding carboxylic acids is 1. The number of aromatic nitrogens is 3. The summed E-state index contributed by atoms with van der Waals surface area (Å²) in [6, 6.07) is 15.1. The van der Waals surface area contributed by atoms with Gasteiger partial charge in [-0.15, -0.1) is 0 Å². The van der Waals surface area contributed by atoms with Gasteiger partial charge in [-0.05, 0) is 24.3 Å². The van der Waals surface area contributed by atoms with Crippen LogP contribution in [0.4, 0.5) is 5.82 Å². The van der Waals surface area contributed by atoms with Crippen LogP contribution in [0, 0.1) is 0 Å². The number of piperazine rings is 1. The third-order valence-corrected chi connectivity index (χ3v) is 4.83. The first-order chi connectivity index (χ1) is 12.7. The van der Waals surface area contributed by atoms with Crippen LogP contribution >= 0.6 is 11.6 Å². The van der Waals surface area contributed by atoms with Crippen LogP contribution < -0.4 is 4.90 Å². The zero-order valence-electron chi connectivity index (χ0n) is 14.1. The average Bonchev–Trinajstić information content (AvgIpc) is 3.18. The van der Waals surface area contributed by atoms with Crippen molar-refractivity contribution in [2.45, 2.75) is 0 Å². The Bertz CT molecular complexity index is 903. The highest BCUT2D eigenvalue weighted by Crippen LogP contribution is 2.26. The lowest BCUT2D eigenvalue weighted by molar-refractivity contribution is 0.0740. The van der Waals surface area contributed by atoms with Gasteiger partial charge in [0.25, 0.3) is 5.91 Å². The van der Waals surface area contributed by atoms with Crippen LogP contribution in [0.15, 0.2) is 54.7 Å². The summed E-state index contributed by atoms with van der Waals surface area (Å²) in [5, 5.41) is 7.71. The number of H-pyrrole nitrogens is 1. The van der Waals surface area contributed by atoms with Crippen LogP contribution in [-0.4, -0.2) is 52.2 Å². The first-order valence-electron chi connectivity index (χ1n) is 8.48. The molecule has 7 heteroatoms. The fourth-order valence-corrected chi connectivity index (χ4v) is 3.32. The summed E-state index contributed by atoms with van der Waals surface area (Å²) in [7, 11) is 0. The van der Waals surface area contributed by atoms with Crippen LogP contribution in [-0.2, 0) is 0 Å². The van der Waals surface area contributed by atoms with Gasteiger partial charge < -0.3 is 9.80 Å². The Labute approximate surface area is 156 Å². The molecule has 0 bridgehead atoms. The number of hydrogen-bond acceptors (Lipinski definition) is 4. The zero-order valence-corrected chi connectivity index (χ0v) is 14.9. The van der Waals surface area contributed by atoms with Crippen molar-refractivity contribution < 1.29 is 4.79 Å². The van der Waals surface area contributed by atoms with Crippen molar-refractivity contribution in [2.75, 3.05) is 31.1 Å². The van der Waals surface area contributed by atoms with Crippen molar-refractivity contribution >= 4 is 23.3 Å². The maximum atomic E-state index is 12.8. The van der Waals surface area contributed by atoms with E-state index < -0.39 is 0 Å². The van der Waals surface area contributed by atoms with E-state index in [1.165, 1.54) is 0 Å². The quantitative estimate of drug-likeness (QED) is 0.772. The third-order valence-electron chi connectivity index (χ3n) is 4.50. The van der Waals surface area contributed by atoms with Gasteiger partial charge in [-0.3, -0.25) is 9.89 Å². The summed E-state index contributed by atoms with van der Waals surface area (Å²) in [6.07, 6.45) is 1.79. The predicted molar refractivity (Wildman–Crippen MR) is 101 cm³/mol. The van der Waals surface area contributed by atoms with Crippen molar-refractivity contribution in [3.8, 4) is 11.3 Å². The molecular formula is C19H18ClN5O. The van der Waals surface area contributed by atoms with Gasteiger partial charge in [-0.25, -0.2) is 4.98 Å². The topological polar surface area (TPSA) is 65.1 Å². The predicted octanol–water partition coefficient (Wildman–Crippen LogP) is 3.09. The maximum Gasteiger partial charge on any atom is 0.272 e. The normalized spacial score (nSPS) is 14.5. The molecule has 0 aliphatic carbocycles. The van der Waals surface area contributed by atoms with Crippen LogP contribution in [0.3, 0.4) is 0 Å². The molecule has 3 heterocycles.